The van der Waals surface area contributed by atoms with Crippen LogP contribution < -0.4 is 5.73 Å². The van der Waals surface area contributed by atoms with E-state index in [4.69, 9.17) is 5.73 Å². The Bertz CT molecular complexity index is 575. The molecular weight excluding hydrogens is 250 g/mol. The van der Waals surface area contributed by atoms with Gasteiger partial charge in [0.05, 0.1) is 6.42 Å². The molecule has 0 spiro atoms. The molecule has 0 aliphatic carbocycles. The number of hydrogen-bond donors (Lipinski definition) is 1. The molecule has 106 valence electrons. The van der Waals surface area contributed by atoms with Crippen LogP contribution in [0.25, 0.3) is 0 Å². The van der Waals surface area contributed by atoms with Gasteiger partial charge in [0.25, 0.3) is 0 Å². The lowest BCUT2D eigenvalue weighted by atomic mass is 10.1. The molecule has 2 aromatic rings. The fourth-order valence-electron chi connectivity index (χ4n) is 2.25. The lowest BCUT2D eigenvalue weighted by Crippen LogP contribution is -2.10. The first kappa shape index (κ1) is 14.3. The van der Waals surface area contributed by atoms with Crippen LogP contribution >= 0.6 is 0 Å². The second kappa shape index (κ2) is 6.89. The van der Waals surface area contributed by atoms with E-state index in [-0.39, 0.29) is 5.78 Å². The van der Waals surface area contributed by atoms with Crippen LogP contribution in [-0.2, 0) is 24.2 Å². The molecule has 2 rings (SSSR count). The largest absolute Gasteiger partial charge is 0.399 e. The summed E-state index contributed by atoms with van der Waals surface area (Å²) < 4.78 is 2.05. The molecule has 0 saturated carbocycles. The fourth-order valence-corrected chi connectivity index (χ4v) is 2.25. The third kappa shape index (κ3) is 3.95. The minimum Gasteiger partial charge on any atom is -0.399 e. The summed E-state index contributed by atoms with van der Waals surface area (Å²) in [7, 11) is 0. The first-order chi connectivity index (χ1) is 9.69. The van der Waals surface area contributed by atoms with Gasteiger partial charge in [0.15, 0.2) is 0 Å². The van der Waals surface area contributed by atoms with Gasteiger partial charge in [-0.1, -0.05) is 19.1 Å². The number of rotatable bonds is 7. The molecular formula is C16H21N3O. The van der Waals surface area contributed by atoms with Crippen molar-refractivity contribution in [3.63, 3.8) is 0 Å². The first-order valence-corrected chi connectivity index (χ1v) is 7.05. The first-order valence-electron chi connectivity index (χ1n) is 7.05. The van der Waals surface area contributed by atoms with Gasteiger partial charge in [0.1, 0.15) is 11.6 Å². The van der Waals surface area contributed by atoms with E-state index in [1.165, 1.54) is 0 Å². The van der Waals surface area contributed by atoms with Crippen molar-refractivity contribution in [2.75, 3.05) is 5.73 Å². The van der Waals surface area contributed by atoms with Crippen LogP contribution in [0.4, 0.5) is 5.69 Å². The van der Waals surface area contributed by atoms with Gasteiger partial charge in [-0.25, -0.2) is 4.98 Å². The molecule has 0 fully saturated rings. The van der Waals surface area contributed by atoms with Crippen LogP contribution in [-0.4, -0.2) is 15.3 Å². The zero-order valence-electron chi connectivity index (χ0n) is 11.9. The maximum absolute atomic E-state index is 12.0. The predicted molar refractivity (Wildman–Crippen MR) is 80.4 cm³/mol. The molecule has 1 aromatic carbocycles. The topological polar surface area (TPSA) is 60.9 Å². The lowest BCUT2D eigenvalue weighted by Gasteiger charge is -2.06. The minimum absolute atomic E-state index is 0.218. The standard InChI is InChI=1S/C16H21N3O/c1-2-9-19-10-8-18-16(19)12-15(20)7-6-13-4-3-5-14(17)11-13/h3-5,8,10-11H,2,6-7,9,12,17H2,1H3. The Labute approximate surface area is 119 Å². The molecule has 1 heterocycles. The second-order valence-corrected chi connectivity index (χ2v) is 5.00. The molecule has 0 aliphatic rings. The van der Waals surface area contributed by atoms with Crippen molar-refractivity contribution in [1.82, 2.24) is 9.55 Å². The van der Waals surface area contributed by atoms with Gasteiger partial charge < -0.3 is 10.3 Å². The van der Waals surface area contributed by atoms with Crippen molar-refractivity contribution >= 4 is 11.5 Å². The molecule has 0 unspecified atom stereocenters. The van der Waals surface area contributed by atoms with Crippen LogP contribution in [0.1, 0.15) is 31.2 Å². The third-order valence-corrected chi connectivity index (χ3v) is 3.27. The van der Waals surface area contributed by atoms with E-state index in [1.54, 1.807) is 6.20 Å². The summed E-state index contributed by atoms with van der Waals surface area (Å²) in [6, 6.07) is 7.70. The quantitative estimate of drug-likeness (QED) is 0.787. The van der Waals surface area contributed by atoms with Gasteiger partial charge in [-0.05, 0) is 30.5 Å². The van der Waals surface area contributed by atoms with Crippen molar-refractivity contribution in [2.24, 2.45) is 0 Å². The molecule has 0 aliphatic heterocycles. The van der Waals surface area contributed by atoms with E-state index >= 15 is 0 Å². The van der Waals surface area contributed by atoms with E-state index in [0.717, 1.165) is 36.5 Å². The molecule has 2 N–H and O–H groups in total. The lowest BCUT2D eigenvalue weighted by molar-refractivity contribution is -0.118. The van der Waals surface area contributed by atoms with E-state index in [9.17, 15) is 4.79 Å². The molecule has 0 amide bonds. The maximum Gasteiger partial charge on any atom is 0.140 e. The second-order valence-electron chi connectivity index (χ2n) is 5.00. The highest BCUT2D eigenvalue weighted by Crippen LogP contribution is 2.10. The number of aromatic nitrogens is 2. The minimum atomic E-state index is 0.218. The predicted octanol–water partition coefficient (Wildman–Crippen LogP) is 2.62. The number of nitrogens with zero attached hydrogens (tertiary/aromatic N) is 2. The number of nitrogen functional groups attached to an aromatic ring is 1. The number of nitrogens with two attached hydrogens (primary N) is 1. The Morgan fingerprint density at radius 1 is 1.40 bits per heavy atom. The van der Waals surface area contributed by atoms with Crippen LogP contribution in [0.2, 0.25) is 0 Å². The molecule has 20 heavy (non-hydrogen) atoms. The maximum atomic E-state index is 12.0. The van der Waals surface area contributed by atoms with Crippen molar-refractivity contribution in [2.45, 2.75) is 39.2 Å². The number of ketones is 1. The molecule has 0 atom stereocenters. The number of hydrogen-bond acceptors (Lipinski definition) is 3. The van der Waals surface area contributed by atoms with E-state index in [2.05, 4.69) is 16.5 Å². The average molecular weight is 271 g/mol. The number of benzene rings is 1. The van der Waals surface area contributed by atoms with Crippen LogP contribution in [0.3, 0.4) is 0 Å². The summed E-state index contributed by atoms with van der Waals surface area (Å²) >= 11 is 0. The van der Waals surface area contributed by atoms with E-state index < -0.39 is 0 Å². The Morgan fingerprint density at radius 2 is 2.25 bits per heavy atom. The van der Waals surface area contributed by atoms with Crippen LogP contribution in [0.15, 0.2) is 36.7 Å². The number of carbonyl (C=O) groups is 1. The average Bonchev–Trinajstić information content (AvgIpc) is 2.84. The Hall–Kier alpha value is -2.10. The van der Waals surface area contributed by atoms with Gasteiger partial charge in [0, 0.05) is 31.0 Å². The summed E-state index contributed by atoms with van der Waals surface area (Å²) in [6.07, 6.45) is 6.41. The van der Waals surface area contributed by atoms with Gasteiger partial charge >= 0.3 is 0 Å². The highest BCUT2D eigenvalue weighted by molar-refractivity contribution is 5.80. The van der Waals surface area contributed by atoms with Gasteiger partial charge in [-0.2, -0.15) is 0 Å². The number of aryl methyl sites for hydroxylation is 2. The monoisotopic (exact) mass is 271 g/mol. The fraction of sp³-hybridized carbons (Fsp3) is 0.375. The van der Waals surface area contributed by atoms with E-state index in [1.807, 2.05) is 30.5 Å². The highest BCUT2D eigenvalue weighted by atomic mass is 16.1. The number of anilines is 1. The van der Waals surface area contributed by atoms with E-state index in [0.29, 0.717) is 12.8 Å². The van der Waals surface area contributed by atoms with Gasteiger partial charge in [-0.3, -0.25) is 4.79 Å². The Morgan fingerprint density at radius 3 is 3.00 bits per heavy atom. The Balaban J connectivity index is 1.88. The Kier molecular flexibility index (Phi) is 4.93. The molecule has 1 aromatic heterocycles. The normalized spacial score (nSPS) is 10.7. The van der Waals surface area contributed by atoms with Crippen molar-refractivity contribution in [3.8, 4) is 0 Å². The van der Waals surface area contributed by atoms with Gasteiger partial charge in [0.2, 0.25) is 0 Å². The number of imidazole rings is 1. The summed E-state index contributed by atoms with van der Waals surface area (Å²) in [5.74, 6) is 1.08. The number of Topliss-reactive ketones (excluding diaryl/α,β-unsaturated/α-hetero) is 1. The zero-order valence-corrected chi connectivity index (χ0v) is 11.9. The summed E-state index contributed by atoms with van der Waals surface area (Å²) in [5, 5.41) is 0. The highest BCUT2D eigenvalue weighted by Gasteiger charge is 2.09. The molecule has 4 heteroatoms. The van der Waals surface area contributed by atoms with Crippen LogP contribution in [0, 0.1) is 0 Å². The van der Waals surface area contributed by atoms with Crippen LogP contribution in [0.5, 0.6) is 0 Å². The molecule has 0 radical (unpaired) electrons. The summed E-state index contributed by atoms with van der Waals surface area (Å²) in [6.45, 7) is 3.03. The SMILES string of the molecule is CCCn1ccnc1CC(=O)CCc1cccc(N)c1. The van der Waals surface area contributed by atoms with Crippen molar-refractivity contribution < 1.29 is 4.79 Å². The van der Waals surface area contributed by atoms with Crippen molar-refractivity contribution in [3.05, 3.63) is 48.0 Å². The third-order valence-electron chi connectivity index (χ3n) is 3.27. The number of carbonyl (C=O) groups excluding carboxylic acids is 1. The summed E-state index contributed by atoms with van der Waals surface area (Å²) in [5.41, 5.74) is 7.58. The zero-order chi connectivity index (χ0) is 14.4. The summed E-state index contributed by atoms with van der Waals surface area (Å²) in [4.78, 5) is 16.3. The molecule has 4 nitrogen and oxygen atoms in total. The molecule has 0 saturated heterocycles. The smallest absolute Gasteiger partial charge is 0.140 e. The van der Waals surface area contributed by atoms with Gasteiger partial charge in [-0.15, -0.1) is 0 Å². The molecule has 0 bridgehead atoms. The van der Waals surface area contributed by atoms with Crippen molar-refractivity contribution in [1.29, 1.82) is 0 Å².